The van der Waals surface area contributed by atoms with Gasteiger partial charge >= 0.3 is 6.01 Å². The minimum atomic E-state index is -0.213. The van der Waals surface area contributed by atoms with Crippen molar-refractivity contribution in [2.24, 2.45) is 5.41 Å². The topological polar surface area (TPSA) is 88.8 Å². The number of likely N-dealkylation sites (tertiary alicyclic amines) is 1. The van der Waals surface area contributed by atoms with Crippen molar-refractivity contribution in [1.29, 1.82) is 5.26 Å². The van der Waals surface area contributed by atoms with Gasteiger partial charge in [0.15, 0.2) is 0 Å². The van der Waals surface area contributed by atoms with Crippen LogP contribution in [-0.2, 0) is 17.8 Å². The quantitative estimate of drug-likeness (QED) is 0.419. The molecule has 0 bridgehead atoms. The molecule has 3 aliphatic heterocycles. The number of nitrogens with zero attached hydrogens (tertiary/aromatic N) is 7. The van der Waals surface area contributed by atoms with E-state index in [1.807, 2.05) is 0 Å². The van der Waals surface area contributed by atoms with Crippen molar-refractivity contribution >= 4 is 17.4 Å². The number of carbonyl (C=O) groups is 1. The normalized spacial score (nSPS) is 21.5. The molecular formula is C33H43N7O2. The average Bonchev–Trinajstić information content (AvgIpc) is 3.58. The first kappa shape index (κ1) is 28.5. The molecule has 9 heteroatoms. The lowest BCUT2D eigenvalue weighted by Crippen LogP contribution is -2.55. The van der Waals surface area contributed by atoms with E-state index in [0.717, 1.165) is 36.6 Å². The summed E-state index contributed by atoms with van der Waals surface area (Å²) in [6, 6.07) is 8.99. The van der Waals surface area contributed by atoms with Crippen LogP contribution in [0.4, 0.5) is 11.5 Å². The highest BCUT2D eigenvalue weighted by Gasteiger charge is 2.45. The molecule has 0 spiro atoms. The Balaban J connectivity index is 1.28. The Morgan fingerprint density at radius 3 is 2.69 bits per heavy atom. The maximum Gasteiger partial charge on any atom is 0.318 e. The molecule has 0 N–H and O–H groups in total. The van der Waals surface area contributed by atoms with Crippen LogP contribution >= 0.6 is 0 Å². The van der Waals surface area contributed by atoms with Crippen LogP contribution in [0.25, 0.3) is 0 Å². The Hall–Kier alpha value is -3.64. The van der Waals surface area contributed by atoms with Crippen molar-refractivity contribution in [3.05, 3.63) is 53.2 Å². The number of carbonyl (C=O) groups excluding carboxylic acids is 1. The largest absolute Gasteiger partial charge is 0.463 e. The molecule has 3 fully saturated rings. The number of aryl methyl sites for hydroxylation is 1. The molecule has 1 aliphatic carbocycles. The van der Waals surface area contributed by atoms with Gasteiger partial charge in [-0.15, -0.1) is 0 Å². The Morgan fingerprint density at radius 2 is 1.95 bits per heavy atom. The third kappa shape index (κ3) is 5.82. The second kappa shape index (κ2) is 11.9. The minimum absolute atomic E-state index is 0.125. The highest BCUT2D eigenvalue weighted by molar-refractivity contribution is 5.87. The Kier molecular flexibility index (Phi) is 8.09. The van der Waals surface area contributed by atoms with Gasteiger partial charge in [0.25, 0.3) is 0 Å². The summed E-state index contributed by atoms with van der Waals surface area (Å²) in [4.78, 5) is 31.6. The Labute approximate surface area is 249 Å². The summed E-state index contributed by atoms with van der Waals surface area (Å²) in [6.07, 6.45) is 7.41. The maximum absolute atomic E-state index is 12.5. The number of anilines is 2. The van der Waals surface area contributed by atoms with Gasteiger partial charge < -0.3 is 24.3 Å². The number of hydrogen-bond acceptors (Lipinski definition) is 8. The fraction of sp³-hybridized carbons (Fsp3) is 0.576. The number of rotatable bonds is 9. The SMILES string of the molecule is C=CC(=O)N1CCN(c2nc(OCC3(CN4CCCC4)CC3)nc3c2CCN(c2cccc(C)c2C)C3)C[C@@H]1CC#N. The summed E-state index contributed by atoms with van der Waals surface area (Å²) >= 11 is 0. The molecule has 42 heavy (non-hydrogen) atoms. The van der Waals surface area contributed by atoms with E-state index in [9.17, 15) is 10.1 Å². The maximum atomic E-state index is 12.5. The van der Waals surface area contributed by atoms with E-state index < -0.39 is 0 Å². The highest BCUT2D eigenvalue weighted by Crippen LogP contribution is 2.47. The fourth-order valence-electron chi connectivity index (χ4n) is 6.89. The molecule has 2 aromatic rings. The molecule has 222 valence electrons. The first-order valence-corrected chi connectivity index (χ1v) is 15.5. The van der Waals surface area contributed by atoms with Crippen LogP contribution in [0.2, 0.25) is 0 Å². The molecule has 0 unspecified atom stereocenters. The zero-order chi connectivity index (χ0) is 29.3. The van der Waals surface area contributed by atoms with Gasteiger partial charge in [-0.1, -0.05) is 18.7 Å². The van der Waals surface area contributed by atoms with E-state index in [2.05, 4.69) is 59.4 Å². The van der Waals surface area contributed by atoms with E-state index in [-0.39, 0.29) is 23.8 Å². The summed E-state index contributed by atoms with van der Waals surface area (Å²) in [6.45, 7) is 15.4. The van der Waals surface area contributed by atoms with E-state index in [4.69, 9.17) is 14.7 Å². The van der Waals surface area contributed by atoms with Crippen LogP contribution in [0.15, 0.2) is 30.9 Å². The van der Waals surface area contributed by atoms with Crippen LogP contribution in [0.3, 0.4) is 0 Å². The summed E-state index contributed by atoms with van der Waals surface area (Å²) in [5.74, 6) is 0.772. The van der Waals surface area contributed by atoms with Crippen molar-refractivity contribution < 1.29 is 9.53 Å². The molecule has 1 saturated carbocycles. The number of nitriles is 1. The van der Waals surface area contributed by atoms with Crippen LogP contribution in [0, 0.1) is 30.6 Å². The molecule has 6 rings (SSSR count). The van der Waals surface area contributed by atoms with Crippen molar-refractivity contribution in [3.63, 3.8) is 0 Å². The van der Waals surface area contributed by atoms with Crippen LogP contribution in [0.5, 0.6) is 6.01 Å². The van der Waals surface area contributed by atoms with Gasteiger partial charge in [-0.25, -0.2) is 0 Å². The van der Waals surface area contributed by atoms with E-state index >= 15 is 0 Å². The molecule has 0 radical (unpaired) electrons. The second-order valence-corrected chi connectivity index (χ2v) is 12.6. The third-order valence-corrected chi connectivity index (χ3v) is 9.73. The molecular weight excluding hydrogens is 526 g/mol. The molecule has 4 aliphatic rings. The predicted molar refractivity (Wildman–Crippen MR) is 164 cm³/mol. The molecule has 9 nitrogen and oxygen atoms in total. The zero-order valence-corrected chi connectivity index (χ0v) is 25.1. The van der Waals surface area contributed by atoms with E-state index in [1.165, 1.54) is 61.7 Å². The van der Waals surface area contributed by atoms with E-state index in [0.29, 0.717) is 38.8 Å². The number of aromatic nitrogens is 2. The lowest BCUT2D eigenvalue weighted by Gasteiger charge is -2.42. The van der Waals surface area contributed by atoms with Crippen LogP contribution in [0.1, 0.15) is 54.5 Å². The van der Waals surface area contributed by atoms with Gasteiger partial charge in [-0.05, 0) is 82.3 Å². The molecule has 2 saturated heterocycles. The number of benzene rings is 1. The number of fused-ring (bicyclic) bond motifs is 1. The van der Waals surface area contributed by atoms with Crippen LogP contribution in [-0.4, -0.2) is 84.1 Å². The Morgan fingerprint density at radius 1 is 1.14 bits per heavy atom. The lowest BCUT2D eigenvalue weighted by molar-refractivity contribution is -0.128. The van der Waals surface area contributed by atoms with Crippen molar-refractivity contribution in [2.45, 2.75) is 65.0 Å². The number of hydrogen-bond donors (Lipinski definition) is 0. The molecule has 1 atom stereocenters. The number of piperazine rings is 1. The van der Waals surface area contributed by atoms with Gasteiger partial charge in [0.2, 0.25) is 5.91 Å². The predicted octanol–water partition coefficient (Wildman–Crippen LogP) is 4.03. The molecule has 1 amide bonds. The summed E-state index contributed by atoms with van der Waals surface area (Å²) < 4.78 is 6.45. The summed E-state index contributed by atoms with van der Waals surface area (Å²) in [7, 11) is 0. The van der Waals surface area contributed by atoms with Gasteiger partial charge in [-0.3, -0.25) is 4.79 Å². The smallest absolute Gasteiger partial charge is 0.318 e. The van der Waals surface area contributed by atoms with Gasteiger partial charge in [0, 0.05) is 49.4 Å². The zero-order valence-electron chi connectivity index (χ0n) is 25.1. The minimum Gasteiger partial charge on any atom is -0.463 e. The third-order valence-electron chi connectivity index (χ3n) is 9.73. The first-order valence-electron chi connectivity index (χ1n) is 15.5. The summed E-state index contributed by atoms with van der Waals surface area (Å²) in [5, 5.41) is 9.53. The monoisotopic (exact) mass is 569 g/mol. The Bertz CT molecular complexity index is 1380. The molecule has 1 aromatic carbocycles. The number of amides is 1. The summed E-state index contributed by atoms with van der Waals surface area (Å²) in [5.41, 5.74) is 6.20. The highest BCUT2D eigenvalue weighted by atomic mass is 16.5. The van der Waals surface area contributed by atoms with Crippen molar-refractivity contribution in [1.82, 2.24) is 19.8 Å². The van der Waals surface area contributed by atoms with Gasteiger partial charge in [0.1, 0.15) is 5.82 Å². The second-order valence-electron chi connectivity index (χ2n) is 12.6. The van der Waals surface area contributed by atoms with Crippen molar-refractivity contribution in [2.75, 3.05) is 62.2 Å². The van der Waals surface area contributed by atoms with Crippen LogP contribution < -0.4 is 14.5 Å². The van der Waals surface area contributed by atoms with Gasteiger partial charge in [-0.2, -0.15) is 15.2 Å². The average molecular weight is 570 g/mol. The number of ether oxygens (including phenoxy) is 1. The molecule has 4 heterocycles. The van der Waals surface area contributed by atoms with Gasteiger partial charge in [0.05, 0.1) is 37.4 Å². The van der Waals surface area contributed by atoms with Crippen molar-refractivity contribution in [3.8, 4) is 12.1 Å². The lowest BCUT2D eigenvalue weighted by atomic mass is 10.0. The van der Waals surface area contributed by atoms with E-state index in [1.54, 1.807) is 4.90 Å². The standard InChI is InChI=1S/C33H43N7O2/c1-4-30(41)40-19-18-39(20-26(40)10-14-34)31-27-11-17-38(29-9-7-8-24(2)25(29)3)21-28(27)35-32(36-31)42-23-33(12-13-33)22-37-15-5-6-16-37/h4,7-9,26H,1,5-6,10-13,15-23H2,2-3H3/t26-/m0/s1. The first-order chi connectivity index (χ1) is 20.4. The molecule has 1 aromatic heterocycles. The fourth-order valence-corrected chi connectivity index (χ4v) is 6.89.